The third-order valence-electron chi connectivity index (χ3n) is 5.03. The van der Waals surface area contributed by atoms with Gasteiger partial charge in [-0.25, -0.2) is 13.8 Å². The first-order valence-electron chi connectivity index (χ1n) is 8.48. The second-order valence-electron chi connectivity index (χ2n) is 6.95. The predicted molar refractivity (Wildman–Crippen MR) is 93.7 cm³/mol. The van der Waals surface area contributed by atoms with E-state index in [1.54, 1.807) is 0 Å². The van der Waals surface area contributed by atoms with Crippen molar-refractivity contribution in [1.29, 1.82) is 0 Å². The molecule has 8 heteroatoms. The number of halogens is 2. The summed E-state index contributed by atoms with van der Waals surface area (Å²) in [5.74, 6) is -1.52. The van der Waals surface area contributed by atoms with Crippen molar-refractivity contribution in [2.75, 3.05) is 38.5 Å². The molecule has 1 amide bonds. The van der Waals surface area contributed by atoms with E-state index in [9.17, 15) is 13.6 Å². The third-order valence-corrected chi connectivity index (χ3v) is 5.95. The van der Waals surface area contributed by atoms with Crippen molar-refractivity contribution in [1.82, 2.24) is 14.8 Å². The summed E-state index contributed by atoms with van der Waals surface area (Å²) in [4.78, 5) is 21.3. The van der Waals surface area contributed by atoms with E-state index >= 15 is 0 Å². The fourth-order valence-electron chi connectivity index (χ4n) is 3.67. The number of carbonyl (C=O) groups is 1. The largest absolute Gasteiger partial charge is 0.303 e. The molecule has 1 aromatic heterocycles. The number of nitrogens with one attached hydrogen (secondary N) is 1. The molecule has 0 saturated carbocycles. The minimum absolute atomic E-state index is 0.0858. The zero-order valence-electron chi connectivity index (χ0n) is 14.0. The van der Waals surface area contributed by atoms with Crippen molar-refractivity contribution in [3.8, 4) is 0 Å². The molecule has 4 rings (SSSR count). The van der Waals surface area contributed by atoms with Crippen LogP contribution in [0, 0.1) is 17.6 Å². The van der Waals surface area contributed by atoms with Gasteiger partial charge in [0.05, 0.1) is 10.6 Å². The summed E-state index contributed by atoms with van der Waals surface area (Å²) >= 11 is 1.10. The maximum atomic E-state index is 13.8. The number of aromatic nitrogens is 1. The monoisotopic (exact) mass is 366 g/mol. The number of benzene rings is 1. The van der Waals surface area contributed by atoms with Gasteiger partial charge in [0.15, 0.2) is 10.9 Å². The zero-order valence-corrected chi connectivity index (χ0v) is 14.8. The Bertz CT molecular complexity index is 805. The molecule has 1 unspecified atom stereocenters. The van der Waals surface area contributed by atoms with Crippen molar-refractivity contribution in [3.05, 3.63) is 23.8 Å². The first-order chi connectivity index (χ1) is 12.0. The lowest BCUT2D eigenvalue weighted by atomic mass is 9.94. The summed E-state index contributed by atoms with van der Waals surface area (Å²) in [6.07, 6.45) is 1.84. The van der Waals surface area contributed by atoms with Crippen LogP contribution < -0.4 is 5.32 Å². The number of hydrogen-bond donors (Lipinski definition) is 1. The summed E-state index contributed by atoms with van der Waals surface area (Å²) in [6.45, 7) is 3.89. The third kappa shape index (κ3) is 3.38. The highest BCUT2D eigenvalue weighted by Crippen LogP contribution is 2.30. The maximum absolute atomic E-state index is 13.8. The number of thiazole rings is 1. The van der Waals surface area contributed by atoms with E-state index in [2.05, 4.69) is 27.1 Å². The molecule has 1 aromatic carbocycles. The first-order valence-corrected chi connectivity index (χ1v) is 9.30. The van der Waals surface area contributed by atoms with Gasteiger partial charge in [0.2, 0.25) is 5.91 Å². The molecule has 2 aliphatic heterocycles. The molecule has 1 N–H and O–H groups in total. The molecule has 0 aliphatic carbocycles. The van der Waals surface area contributed by atoms with Crippen molar-refractivity contribution in [3.63, 3.8) is 0 Å². The highest BCUT2D eigenvalue weighted by molar-refractivity contribution is 7.22. The van der Waals surface area contributed by atoms with Crippen LogP contribution in [0.2, 0.25) is 0 Å². The van der Waals surface area contributed by atoms with E-state index in [0.717, 1.165) is 56.4 Å². The van der Waals surface area contributed by atoms with E-state index in [0.29, 0.717) is 15.9 Å². The quantitative estimate of drug-likeness (QED) is 0.907. The molecule has 0 radical (unpaired) electrons. The van der Waals surface area contributed by atoms with E-state index in [4.69, 9.17) is 0 Å². The van der Waals surface area contributed by atoms with Gasteiger partial charge in [-0.3, -0.25) is 9.69 Å². The number of fused-ring (bicyclic) bond motifs is 1. The molecule has 5 nitrogen and oxygen atoms in total. The van der Waals surface area contributed by atoms with Crippen LogP contribution in [0.25, 0.3) is 10.2 Å². The normalized spacial score (nSPS) is 22.9. The molecule has 134 valence electrons. The highest BCUT2D eigenvalue weighted by atomic mass is 32.1. The maximum Gasteiger partial charge on any atom is 0.230 e. The van der Waals surface area contributed by atoms with E-state index in [1.807, 2.05) is 0 Å². The van der Waals surface area contributed by atoms with Gasteiger partial charge in [0.1, 0.15) is 11.3 Å². The van der Waals surface area contributed by atoms with Gasteiger partial charge in [-0.15, -0.1) is 0 Å². The number of rotatable bonds is 3. The van der Waals surface area contributed by atoms with Gasteiger partial charge in [-0.1, -0.05) is 11.3 Å². The van der Waals surface area contributed by atoms with Crippen LogP contribution in [-0.2, 0) is 4.79 Å². The van der Waals surface area contributed by atoms with Crippen LogP contribution in [0.15, 0.2) is 12.1 Å². The first kappa shape index (κ1) is 16.8. The number of nitrogens with zero attached hydrogens (tertiary/aromatic N) is 3. The Hall–Kier alpha value is -1.64. The number of likely N-dealkylation sites (N-methyl/N-ethyl adjacent to an activating group) is 1. The smallest absolute Gasteiger partial charge is 0.230 e. The summed E-state index contributed by atoms with van der Waals surface area (Å²) in [6, 6.07) is 2.59. The Morgan fingerprint density at radius 2 is 2.12 bits per heavy atom. The molecule has 25 heavy (non-hydrogen) atoms. The predicted octanol–water partition coefficient (Wildman–Crippen LogP) is 2.54. The molecule has 2 fully saturated rings. The fourth-order valence-corrected chi connectivity index (χ4v) is 4.58. The minimum Gasteiger partial charge on any atom is -0.303 e. The van der Waals surface area contributed by atoms with Gasteiger partial charge in [0.25, 0.3) is 0 Å². The summed E-state index contributed by atoms with van der Waals surface area (Å²) in [5, 5.41) is 3.12. The van der Waals surface area contributed by atoms with E-state index in [-0.39, 0.29) is 17.3 Å². The lowest BCUT2D eigenvalue weighted by molar-refractivity contribution is -0.122. The Balaban J connectivity index is 1.43. The van der Waals surface area contributed by atoms with Crippen molar-refractivity contribution in [2.45, 2.75) is 18.9 Å². The number of piperidine rings is 1. The van der Waals surface area contributed by atoms with Crippen LogP contribution in [-0.4, -0.2) is 60.0 Å². The minimum atomic E-state index is -0.704. The molecule has 3 heterocycles. The Morgan fingerprint density at radius 1 is 1.32 bits per heavy atom. The van der Waals surface area contributed by atoms with Gasteiger partial charge < -0.3 is 10.2 Å². The van der Waals surface area contributed by atoms with Crippen LogP contribution in [0.1, 0.15) is 12.8 Å². The summed E-state index contributed by atoms with van der Waals surface area (Å²) < 4.78 is 27.4. The average Bonchev–Trinajstić information content (AvgIpc) is 2.94. The number of likely N-dealkylation sites (tertiary alicyclic amines) is 2. The SMILES string of the molecule is CN1CC(N2CCCC(C(=O)Nc3nc4c(F)cc(F)cc4s3)C2)C1. The molecule has 2 aromatic rings. The van der Waals surface area contributed by atoms with Crippen molar-refractivity contribution < 1.29 is 13.6 Å². The Kier molecular flexibility index (Phi) is 4.43. The number of amides is 1. The zero-order chi connectivity index (χ0) is 17.6. The molecule has 2 aliphatic rings. The molecular formula is C17H20F2N4OS. The highest BCUT2D eigenvalue weighted by Gasteiger charge is 2.34. The molecule has 1 atom stereocenters. The standard InChI is InChI=1S/C17H20F2N4OS/c1-22-8-12(9-22)23-4-2-3-10(7-23)16(24)21-17-20-15-13(19)5-11(18)6-14(15)25-17/h5-6,10,12H,2-4,7-9H2,1H3,(H,20,21,24). The molecule has 0 spiro atoms. The fraction of sp³-hybridized carbons (Fsp3) is 0.529. The van der Waals surface area contributed by atoms with Crippen molar-refractivity contribution in [2.24, 2.45) is 5.92 Å². The van der Waals surface area contributed by atoms with Crippen LogP contribution in [0.4, 0.5) is 13.9 Å². The van der Waals surface area contributed by atoms with E-state index in [1.165, 1.54) is 6.07 Å². The lowest BCUT2D eigenvalue weighted by Gasteiger charge is -2.46. The van der Waals surface area contributed by atoms with Crippen LogP contribution in [0.5, 0.6) is 0 Å². The van der Waals surface area contributed by atoms with Gasteiger partial charge >= 0.3 is 0 Å². The van der Waals surface area contributed by atoms with Crippen LogP contribution >= 0.6 is 11.3 Å². The van der Waals surface area contributed by atoms with Gasteiger partial charge in [-0.2, -0.15) is 0 Å². The lowest BCUT2D eigenvalue weighted by Crippen LogP contribution is -2.60. The molecule has 0 bridgehead atoms. The second-order valence-corrected chi connectivity index (χ2v) is 7.98. The second kappa shape index (κ2) is 6.59. The summed E-state index contributed by atoms with van der Waals surface area (Å²) in [7, 11) is 2.10. The topological polar surface area (TPSA) is 48.5 Å². The van der Waals surface area contributed by atoms with E-state index < -0.39 is 11.6 Å². The van der Waals surface area contributed by atoms with Crippen molar-refractivity contribution >= 4 is 32.6 Å². The van der Waals surface area contributed by atoms with Gasteiger partial charge in [0, 0.05) is 31.7 Å². The Morgan fingerprint density at radius 3 is 2.88 bits per heavy atom. The number of hydrogen-bond acceptors (Lipinski definition) is 5. The van der Waals surface area contributed by atoms with Crippen LogP contribution in [0.3, 0.4) is 0 Å². The number of carbonyl (C=O) groups excluding carboxylic acids is 1. The Labute approximate surface area is 148 Å². The average molecular weight is 366 g/mol. The summed E-state index contributed by atoms with van der Waals surface area (Å²) in [5.41, 5.74) is 0.101. The molecular weight excluding hydrogens is 346 g/mol. The number of anilines is 1. The molecule has 2 saturated heterocycles. The van der Waals surface area contributed by atoms with Gasteiger partial charge in [-0.05, 0) is 32.5 Å².